The van der Waals surface area contributed by atoms with E-state index in [2.05, 4.69) is 12.2 Å². The first kappa shape index (κ1) is 23.5. The van der Waals surface area contributed by atoms with Gasteiger partial charge in [0, 0.05) is 6.07 Å². The van der Waals surface area contributed by atoms with Crippen molar-refractivity contribution in [2.75, 3.05) is 24.8 Å². The molecule has 2 atom stereocenters. The van der Waals surface area contributed by atoms with Gasteiger partial charge in [0.25, 0.3) is 0 Å². The van der Waals surface area contributed by atoms with Gasteiger partial charge in [-0.3, -0.25) is 9.10 Å². The second kappa shape index (κ2) is 9.84. The third-order valence-electron chi connectivity index (χ3n) is 4.96. The van der Waals surface area contributed by atoms with Crippen LogP contribution in [0.1, 0.15) is 37.9 Å². The molecule has 2 rings (SSSR count). The number of hydrogen-bond donors (Lipinski definition) is 1. The lowest BCUT2D eigenvalue weighted by Crippen LogP contribution is -2.48. The van der Waals surface area contributed by atoms with Crippen molar-refractivity contribution >= 4 is 21.6 Å². The van der Waals surface area contributed by atoms with E-state index in [1.165, 1.54) is 25.8 Å². The molecule has 0 aromatic heterocycles. The SMILES string of the molecule is CCc1ccc([C@@H](C)NC(=O)[C@@H](C)N(c2ccc(OC)c(OC)c2)S(C)(=O)=O)cc1. The highest BCUT2D eigenvalue weighted by atomic mass is 32.2. The normalized spacial score (nSPS) is 13.3. The van der Waals surface area contributed by atoms with Crippen molar-refractivity contribution < 1.29 is 22.7 Å². The van der Waals surface area contributed by atoms with Gasteiger partial charge in [-0.25, -0.2) is 8.42 Å². The van der Waals surface area contributed by atoms with Gasteiger partial charge in [0.1, 0.15) is 6.04 Å². The summed E-state index contributed by atoms with van der Waals surface area (Å²) < 4.78 is 36.6. The van der Waals surface area contributed by atoms with Gasteiger partial charge in [0.15, 0.2) is 11.5 Å². The molecular formula is C22H30N2O5S. The number of benzene rings is 2. The first-order chi connectivity index (χ1) is 14.1. The van der Waals surface area contributed by atoms with Crippen LogP contribution in [0, 0.1) is 0 Å². The number of carbonyl (C=O) groups excluding carboxylic acids is 1. The summed E-state index contributed by atoms with van der Waals surface area (Å²) in [7, 11) is -0.777. The lowest BCUT2D eigenvalue weighted by Gasteiger charge is -2.29. The fourth-order valence-electron chi connectivity index (χ4n) is 3.23. The van der Waals surface area contributed by atoms with Crippen molar-refractivity contribution in [3.8, 4) is 11.5 Å². The Bertz CT molecular complexity index is 974. The zero-order valence-electron chi connectivity index (χ0n) is 18.3. The predicted octanol–water partition coefficient (Wildman–Crippen LogP) is 3.30. The van der Waals surface area contributed by atoms with E-state index < -0.39 is 22.0 Å². The van der Waals surface area contributed by atoms with Gasteiger partial charge in [-0.1, -0.05) is 31.2 Å². The lowest BCUT2D eigenvalue weighted by molar-refractivity contribution is -0.122. The van der Waals surface area contributed by atoms with Crippen molar-refractivity contribution in [3.63, 3.8) is 0 Å². The minimum absolute atomic E-state index is 0.266. The number of nitrogens with one attached hydrogen (secondary N) is 1. The number of methoxy groups -OCH3 is 2. The van der Waals surface area contributed by atoms with E-state index in [9.17, 15) is 13.2 Å². The van der Waals surface area contributed by atoms with Gasteiger partial charge >= 0.3 is 0 Å². The van der Waals surface area contributed by atoms with Crippen LogP contribution in [-0.2, 0) is 21.2 Å². The zero-order chi connectivity index (χ0) is 22.5. The number of rotatable bonds is 9. The van der Waals surface area contributed by atoms with E-state index in [0.717, 1.165) is 22.5 Å². The molecule has 0 saturated carbocycles. The molecule has 1 N–H and O–H groups in total. The van der Waals surface area contributed by atoms with Gasteiger partial charge in [-0.15, -0.1) is 0 Å². The number of amides is 1. The molecule has 0 aliphatic carbocycles. The van der Waals surface area contributed by atoms with Crippen LogP contribution in [0.2, 0.25) is 0 Å². The monoisotopic (exact) mass is 434 g/mol. The second-order valence-electron chi connectivity index (χ2n) is 7.10. The third kappa shape index (κ3) is 5.44. The molecule has 0 aliphatic heterocycles. The minimum atomic E-state index is -3.74. The van der Waals surface area contributed by atoms with Crippen molar-refractivity contribution in [2.24, 2.45) is 0 Å². The van der Waals surface area contributed by atoms with E-state index in [1.54, 1.807) is 19.1 Å². The molecule has 0 saturated heterocycles. The summed E-state index contributed by atoms with van der Waals surface area (Å²) >= 11 is 0. The van der Waals surface area contributed by atoms with Crippen molar-refractivity contribution in [2.45, 2.75) is 39.3 Å². The molecule has 0 fully saturated rings. The molecule has 0 spiro atoms. The minimum Gasteiger partial charge on any atom is -0.493 e. The first-order valence-corrected chi connectivity index (χ1v) is 11.6. The molecule has 0 aliphatic rings. The fourth-order valence-corrected chi connectivity index (χ4v) is 4.40. The van der Waals surface area contributed by atoms with Crippen LogP contribution in [0.15, 0.2) is 42.5 Å². The maximum atomic E-state index is 12.9. The lowest BCUT2D eigenvalue weighted by atomic mass is 10.0. The van der Waals surface area contributed by atoms with Gasteiger partial charge in [-0.05, 0) is 43.5 Å². The van der Waals surface area contributed by atoms with Crippen molar-refractivity contribution in [3.05, 3.63) is 53.6 Å². The van der Waals surface area contributed by atoms with E-state index in [-0.39, 0.29) is 6.04 Å². The molecule has 0 unspecified atom stereocenters. The molecule has 8 heteroatoms. The largest absolute Gasteiger partial charge is 0.493 e. The first-order valence-electron chi connectivity index (χ1n) is 9.73. The Kier molecular flexibility index (Phi) is 7.72. The Labute approximate surface area is 179 Å². The molecule has 1 amide bonds. The number of hydrogen-bond acceptors (Lipinski definition) is 5. The Morgan fingerprint density at radius 1 is 1.03 bits per heavy atom. The highest BCUT2D eigenvalue weighted by Gasteiger charge is 2.30. The number of aryl methyl sites for hydroxylation is 1. The zero-order valence-corrected chi connectivity index (χ0v) is 19.1. The molecule has 0 heterocycles. The Morgan fingerprint density at radius 3 is 2.13 bits per heavy atom. The molecular weight excluding hydrogens is 404 g/mol. The second-order valence-corrected chi connectivity index (χ2v) is 8.96. The Morgan fingerprint density at radius 2 is 1.63 bits per heavy atom. The fraction of sp³-hybridized carbons (Fsp3) is 0.409. The molecule has 164 valence electrons. The third-order valence-corrected chi connectivity index (χ3v) is 6.20. The summed E-state index contributed by atoms with van der Waals surface area (Å²) in [5.41, 5.74) is 2.48. The maximum absolute atomic E-state index is 12.9. The van der Waals surface area contributed by atoms with Gasteiger partial charge in [0.2, 0.25) is 15.9 Å². The van der Waals surface area contributed by atoms with E-state index in [0.29, 0.717) is 17.2 Å². The highest BCUT2D eigenvalue weighted by molar-refractivity contribution is 7.92. The number of ether oxygens (including phenoxy) is 2. The van der Waals surface area contributed by atoms with E-state index in [4.69, 9.17) is 9.47 Å². The standard InChI is InChI=1S/C22H30N2O5S/c1-7-17-8-10-18(11-9-17)15(2)23-22(25)16(3)24(30(6,26)27)19-12-13-20(28-4)21(14-19)29-5/h8-16H,7H2,1-6H3,(H,23,25)/t15-,16-/m1/s1. The van der Waals surface area contributed by atoms with Gasteiger partial charge < -0.3 is 14.8 Å². The van der Waals surface area contributed by atoms with E-state index in [1.807, 2.05) is 31.2 Å². The summed E-state index contributed by atoms with van der Waals surface area (Å²) in [5.74, 6) is 0.443. The summed E-state index contributed by atoms with van der Waals surface area (Å²) in [6.07, 6.45) is 2.01. The summed E-state index contributed by atoms with van der Waals surface area (Å²) in [6, 6.07) is 11.5. The van der Waals surface area contributed by atoms with Crippen LogP contribution in [-0.4, -0.2) is 40.8 Å². The summed E-state index contributed by atoms with van der Waals surface area (Å²) in [4.78, 5) is 12.9. The number of nitrogens with zero attached hydrogens (tertiary/aromatic N) is 1. The number of sulfonamides is 1. The maximum Gasteiger partial charge on any atom is 0.244 e. The van der Waals surface area contributed by atoms with Gasteiger partial charge in [-0.2, -0.15) is 0 Å². The number of anilines is 1. The van der Waals surface area contributed by atoms with Crippen LogP contribution in [0.5, 0.6) is 11.5 Å². The molecule has 0 radical (unpaired) electrons. The van der Waals surface area contributed by atoms with Gasteiger partial charge in [0.05, 0.1) is 32.2 Å². The molecule has 0 bridgehead atoms. The number of carbonyl (C=O) groups is 1. The average Bonchev–Trinajstić information content (AvgIpc) is 2.72. The Balaban J connectivity index is 2.28. The van der Waals surface area contributed by atoms with Crippen LogP contribution >= 0.6 is 0 Å². The van der Waals surface area contributed by atoms with E-state index >= 15 is 0 Å². The van der Waals surface area contributed by atoms with Crippen molar-refractivity contribution in [1.29, 1.82) is 0 Å². The average molecular weight is 435 g/mol. The van der Waals surface area contributed by atoms with Crippen LogP contribution in [0.4, 0.5) is 5.69 Å². The highest BCUT2D eigenvalue weighted by Crippen LogP contribution is 2.33. The quantitative estimate of drug-likeness (QED) is 0.655. The van der Waals surface area contributed by atoms with Crippen molar-refractivity contribution in [1.82, 2.24) is 5.32 Å². The van der Waals surface area contributed by atoms with Crippen LogP contribution in [0.3, 0.4) is 0 Å². The predicted molar refractivity (Wildman–Crippen MR) is 119 cm³/mol. The molecule has 30 heavy (non-hydrogen) atoms. The van der Waals surface area contributed by atoms with Crippen LogP contribution in [0.25, 0.3) is 0 Å². The summed E-state index contributed by atoms with van der Waals surface area (Å²) in [5, 5.41) is 2.91. The van der Waals surface area contributed by atoms with Crippen LogP contribution < -0.4 is 19.1 Å². The smallest absolute Gasteiger partial charge is 0.244 e. The molecule has 2 aromatic carbocycles. The topological polar surface area (TPSA) is 84.9 Å². The molecule has 2 aromatic rings. The summed E-state index contributed by atoms with van der Waals surface area (Å²) in [6.45, 7) is 5.50. The molecule has 7 nitrogen and oxygen atoms in total. The Hall–Kier alpha value is -2.74.